The van der Waals surface area contributed by atoms with Crippen LogP contribution in [0.15, 0.2) is 42.5 Å². The maximum Gasteiger partial charge on any atom is 0.313 e. The number of hydrogen-bond acceptors (Lipinski definition) is 4. The Morgan fingerprint density at radius 3 is 2.67 bits per heavy atom. The molecular formula is C23H29NO3. The standard InChI is InChI=1S/C23H29NO3/c1-17(19-10-6-8-18-7-2-3-9-20(18)19)23(25)27-22-12-5-4-11-21(22)24-13-15-26-16-14-24/h2-3,6-10,17,21-22H,4-5,11-16H2,1H3. The fourth-order valence-corrected chi connectivity index (χ4v) is 4.55. The van der Waals surface area contributed by atoms with Crippen molar-refractivity contribution in [1.29, 1.82) is 0 Å². The first-order valence-corrected chi connectivity index (χ1v) is 10.2. The summed E-state index contributed by atoms with van der Waals surface area (Å²) in [5.41, 5.74) is 1.05. The van der Waals surface area contributed by atoms with Crippen LogP contribution in [0.1, 0.15) is 44.1 Å². The molecule has 1 heterocycles. The summed E-state index contributed by atoms with van der Waals surface area (Å²) in [7, 11) is 0. The van der Waals surface area contributed by atoms with Crippen LogP contribution in [0.5, 0.6) is 0 Å². The molecule has 1 saturated carbocycles. The van der Waals surface area contributed by atoms with Gasteiger partial charge in [-0.05, 0) is 42.5 Å². The van der Waals surface area contributed by atoms with Gasteiger partial charge in [0.05, 0.1) is 19.1 Å². The minimum Gasteiger partial charge on any atom is -0.460 e. The summed E-state index contributed by atoms with van der Waals surface area (Å²) in [5, 5.41) is 2.30. The van der Waals surface area contributed by atoms with Crippen molar-refractivity contribution in [1.82, 2.24) is 4.90 Å². The average molecular weight is 367 g/mol. The number of fused-ring (bicyclic) bond motifs is 1. The molecule has 144 valence electrons. The van der Waals surface area contributed by atoms with Gasteiger partial charge in [0, 0.05) is 19.1 Å². The summed E-state index contributed by atoms with van der Waals surface area (Å²) in [6, 6.07) is 14.7. The molecule has 2 aromatic carbocycles. The van der Waals surface area contributed by atoms with Crippen LogP contribution in [0, 0.1) is 0 Å². The number of benzene rings is 2. The van der Waals surface area contributed by atoms with Gasteiger partial charge in [0.2, 0.25) is 0 Å². The predicted molar refractivity (Wildman–Crippen MR) is 107 cm³/mol. The summed E-state index contributed by atoms with van der Waals surface area (Å²) >= 11 is 0. The molecule has 0 N–H and O–H groups in total. The van der Waals surface area contributed by atoms with Crippen molar-refractivity contribution < 1.29 is 14.3 Å². The minimum atomic E-state index is -0.261. The SMILES string of the molecule is CC(C(=O)OC1CCCCC1N1CCOCC1)c1cccc2ccccc12. The van der Waals surface area contributed by atoms with Crippen molar-refractivity contribution in [2.45, 2.75) is 50.7 Å². The molecule has 1 aliphatic carbocycles. The first-order chi connectivity index (χ1) is 13.2. The maximum absolute atomic E-state index is 13.0. The summed E-state index contributed by atoms with van der Waals surface area (Å²) in [6.45, 7) is 5.42. The van der Waals surface area contributed by atoms with E-state index in [-0.39, 0.29) is 18.0 Å². The molecule has 2 aliphatic rings. The third kappa shape index (κ3) is 4.02. The Balaban J connectivity index is 1.49. The van der Waals surface area contributed by atoms with E-state index in [1.165, 1.54) is 11.8 Å². The number of carbonyl (C=O) groups excluding carboxylic acids is 1. The molecule has 27 heavy (non-hydrogen) atoms. The molecule has 2 fully saturated rings. The number of hydrogen-bond donors (Lipinski definition) is 0. The van der Waals surface area contributed by atoms with Gasteiger partial charge >= 0.3 is 5.97 Å². The van der Waals surface area contributed by atoms with Gasteiger partial charge in [-0.3, -0.25) is 9.69 Å². The fourth-order valence-electron chi connectivity index (χ4n) is 4.55. The highest BCUT2D eigenvalue weighted by Crippen LogP contribution is 2.30. The van der Waals surface area contributed by atoms with E-state index in [0.717, 1.165) is 56.5 Å². The third-order valence-electron chi connectivity index (χ3n) is 6.09. The Morgan fingerprint density at radius 2 is 1.81 bits per heavy atom. The zero-order valence-corrected chi connectivity index (χ0v) is 16.1. The monoisotopic (exact) mass is 367 g/mol. The molecule has 0 radical (unpaired) electrons. The summed E-state index contributed by atoms with van der Waals surface area (Å²) in [6.07, 6.45) is 4.44. The smallest absolute Gasteiger partial charge is 0.313 e. The van der Waals surface area contributed by atoms with Gasteiger partial charge in [-0.25, -0.2) is 0 Å². The van der Waals surface area contributed by atoms with Crippen LogP contribution >= 0.6 is 0 Å². The van der Waals surface area contributed by atoms with Gasteiger partial charge in [0.15, 0.2) is 0 Å². The first kappa shape index (κ1) is 18.5. The van der Waals surface area contributed by atoms with Gasteiger partial charge in [0.25, 0.3) is 0 Å². The number of esters is 1. The van der Waals surface area contributed by atoms with Crippen LogP contribution in [0.3, 0.4) is 0 Å². The van der Waals surface area contributed by atoms with Crippen LogP contribution in [0.4, 0.5) is 0 Å². The molecule has 1 saturated heterocycles. The van der Waals surface area contributed by atoms with E-state index in [0.29, 0.717) is 6.04 Å². The molecule has 2 aromatic rings. The van der Waals surface area contributed by atoms with Crippen molar-refractivity contribution in [3.8, 4) is 0 Å². The Bertz CT molecular complexity index is 779. The normalized spacial score (nSPS) is 25.2. The Labute approximate surface area is 161 Å². The van der Waals surface area contributed by atoms with Gasteiger partial charge < -0.3 is 9.47 Å². The summed E-state index contributed by atoms with van der Waals surface area (Å²) in [5.74, 6) is -0.361. The Hall–Kier alpha value is -1.91. The van der Waals surface area contributed by atoms with Gasteiger partial charge in [-0.2, -0.15) is 0 Å². The quantitative estimate of drug-likeness (QED) is 0.762. The lowest BCUT2D eigenvalue weighted by Crippen LogP contribution is -2.51. The molecule has 4 nitrogen and oxygen atoms in total. The molecule has 1 aliphatic heterocycles. The van der Waals surface area contributed by atoms with Crippen LogP contribution < -0.4 is 0 Å². The zero-order chi connectivity index (χ0) is 18.6. The van der Waals surface area contributed by atoms with E-state index in [4.69, 9.17) is 9.47 Å². The van der Waals surface area contributed by atoms with Crippen LogP contribution in [0.25, 0.3) is 10.8 Å². The predicted octanol–water partition coefficient (Wildman–Crippen LogP) is 4.13. The molecule has 3 unspecified atom stereocenters. The van der Waals surface area contributed by atoms with E-state index in [9.17, 15) is 4.79 Å². The molecule has 4 rings (SSSR count). The average Bonchev–Trinajstić information content (AvgIpc) is 2.74. The molecule has 4 heteroatoms. The molecule has 0 aromatic heterocycles. The highest BCUT2D eigenvalue weighted by atomic mass is 16.5. The van der Waals surface area contributed by atoms with E-state index >= 15 is 0 Å². The van der Waals surface area contributed by atoms with Crippen molar-refractivity contribution in [2.75, 3.05) is 26.3 Å². The second-order valence-electron chi connectivity index (χ2n) is 7.77. The summed E-state index contributed by atoms with van der Waals surface area (Å²) < 4.78 is 11.6. The third-order valence-corrected chi connectivity index (χ3v) is 6.09. The molecule has 0 amide bonds. The second kappa shape index (κ2) is 8.41. The molecule has 3 atom stereocenters. The van der Waals surface area contributed by atoms with Crippen LogP contribution in [-0.4, -0.2) is 49.3 Å². The van der Waals surface area contributed by atoms with Crippen molar-refractivity contribution in [2.24, 2.45) is 0 Å². The van der Waals surface area contributed by atoms with Gasteiger partial charge in [-0.1, -0.05) is 48.9 Å². The van der Waals surface area contributed by atoms with Crippen molar-refractivity contribution in [3.05, 3.63) is 48.0 Å². The van der Waals surface area contributed by atoms with E-state index < -0.39 is 0 Å². The Morgan fingerprint density at radius 1 is 1.07 bits per heavy atom. The van der Waals surface area contributed by atoms with Crippen LogP contribution in [0.2, 0.25) is 0 Å². The number of carbonyl (C=O) groups is 1. The van der Waals surface area contributed by atoms with E-state index in [1.54, 1.807) is 0 Å². The number of rotatable bonds is 4. The lowest BCUT2D eigenvalue weighted by Gasteiger charge is -2.41. The largest absolute Gasteiger partial charge is 0.460 e. The van der Waals surface area contributed by atoms with E-state index in [1.807, 2.05) is 25.1 Å². The lowest BCUT2D eigenvalue weighted by molar-refractivity contribution is -0.157. The fraction of sp³-hybridized carbons (Fsp3) is 0.522. The Kier molecular flexibility index (Phi) is 5.74. The zero-order valence-electron chi connectivity index (χ0n) is 16.1. The second-order valence-corrected chi connectivity index (χ2v) is 7.77. The molecular weight excluding hydrogens is 338 g/mol. The first-order valence-electron chi connectivity index (χ1n) is 10.2. The highest BCUT2D eigenvalue weighted by molar-refractivity contribution is 5.91. The lowest BCUT2D eigenvalue weighted by atomic mass is 9.90. The van der Waals surface area contributed by atoms with Crippen molar-refractivity contribution >= 4 is 16.7 Å². The summed E-state index contributed by atoms with van der Waals surface area (Å²) in [4.78, 5) is 15.5. The number of nitrogens with zero attached hydrogens (tertiary/aromatic N) is 1. The molecule has 0 bridgehead atoms. The van der Waals surface area contributed by atoms with Crippen molar-refractivity contribution in [3.63, 3.8) is 0 Å². The topological polar surface area (TPSA) is 38.8 Å². The number of ether oxygens (including phenoxy) is 2. The minimum absolute atomic E-state index is 0.00164. The van der Waals surface area contributed by atoms with Gasteiger partial charge in [0.1, 0.15) is 6.10 Å². The highest BCUT2D eigenvalue weighted by Gasteiger charge is 2.34. The van der Waals surface area contributed by atoms with Crippen LogP contribution in [-0.2, 0) is 14.3 Å². The number of morpholine rings is 1. The van der Waals surface area contributed by atoms with E-state index in [2.05, 4.69) is 29.2 Å². The molecule has 0 spiro atoms. The maximum atomic E-state index is 13.0. The van der Waals surface area contributed by atoms with Gasteiger partial charge in [-0.15, -0.1) is 0 Å².